The minimum Gasteiger partial charge on any atom is -0.0625 e. The Kier molecular flexibility index (Phi) is 5.15. The van der Waals surface area contributed by atoms with Crippen LogP contribution < -0.4 is 0 Å². The van der Waals surface area contributed by atoms with E-state index in [0.717, 1.165) is 35.5 Å². The molecule has 0 spiro atoms. The van der Waals surface area contributed by atoms with Crippen molar-refractivity contribution >= 4 is 0 Å². The van der Waals surface area contributed by atoms with Crippen LogP contribution in [0.15, 0.2) is 0 Å². The zero-order chi connectivity index (χ0) is 13.1. The fourth-order valence-electron chi connectivity index (χ4n) is 4.53. The van der Waals surface area contributed by atoms with Gasteiger partial charge in [0.1, 0.15) is 0 Å². The molecule has 6 unspecified atom stereocenters. The molecule has 106 valence electrons. The lowest BCUT2D eigenvalue weighted by Crippen LogP contribution is -2.25. The molecule has 0 aromatic heterocycles. The number of hydrogen-bond donors (Lipinski definition) is 0. The fraction of sp³-hybridized carbons (Fsp3) is 1.00. The summed E-state index contributed by atoms with van der Waals surface area (Å²) in [6, 6.07) is 0. The highest BCUT2D eigenvalue weighted by molar-refractivity contribution is 4.80. The summed E-state index contributed by atoms with van der Waals surface area (Å²) >= 11 is 0. The molecule has 0 saturated heterocycles. The summed E-state index contributed by atoms with van der Waals surface area (Å²) in [7, 11) is 0. The summed E-state index contributed by atoms with van der Waals surface area (Å²) in [6.07, 6.45) is 12.0. The van der Waals surface area contributed by atoms with Crippen LogP contribution in [0.3, 0.4) is 0 Å². The molecular formula is C18H34. The monoisotopic (exact) mass is 250 g/mol. The van der Waals surface area contributed by atoms with Crippen LogP contribution >= 0.6 is 0 Å². The lowest BCUT2D eigenvalue weighted by molar-refractivity contribution is 0.146. The molecule has 2 fully saturated rings. The Balaban J connectivity index is 1.79. The van der Waals surface area contributed by atoms with Gasteiger partial charge in [-0.15, -0.1) is 0 Å². The second kappa shape index (κ2) is 6.44. The maximum absolute atomic E-state index is 2.50. The lowest BCUT2D eigenvalue weighted by Gasteiger charge is -2.37. The van der Waals surface area contributed by atoms with E-state index in [1.807, 2.05) is 0 Å². The largest absolute Gasteiger partial charge is 0.0625 e. The van der Waals surface area contributed by atoms with E-state index in [1.54, 1.807) is 0 Å². The number of rotatable bonds is 3. The molecule has 18 heavy (non-hydrogen) atoms. The van der Waals surface area contributed by atoms with Crippen LogP contribution in [0.25, 0.3) is 0 Å². The average molecular weight is 250 g/mol. The minimum atomic E-state index is 0.994. The zero-order valence-electron chi connectivity index (χ0n) is 13.1. The predicted molar refractivity (Wildman–Crippen MR) is 80.6 cm³/mol. The van der Waals surface area contributed by atoms with Gasteiger partial charge in [0, 0.05) is 0 Å². The van der Waals surface area contributed by atoms with Crippen molar-refractivity contribution in [1.29, 1.82) is 0 Å². The van der Waals surface area contributed by atoms with E-state index in [1.165, 1.54) is 51.4 Å². The standard InChI is InChI=1S/C18H34/c1-13-5-7-15(3)17(11-13)9-10-18-12-14(2)6-8-16(18)4/h13-18H,5-12H2,1-4H3. The van der Waals surface area contributed by atoms with Gasteiger partial charge < -0.3 is 0 Å². The van der Waals surface area contributed by atoms with Crippen molar-refractivity contribution < 1.29 is 0 Å². The van der Waals surface area contributed by atoms with E-state index in [0.29, 0.717) is 0 Å². The van der Waals surface area contributed by atoms with Crippen LogP contribution in [-0.4, -0.2) is 0 Å². The maximum Gasteiger partial charge on any atom is -0.0386 e. The molecular weight excluding hydrogens is 216 g/mol. The molecule has 2 aliphatic rings. The molecule has 2 rings (SSSR count). The molecule has 0 aliphatic heterocycles. The van der Waals surface area contributed by atoms with Crippen LogP contribution in [0.4, 0.5) is 0 Å². The summed E-state index contributed by atoms with van der Waals surface area (Å²) in [5, 5.41) is 0. The molecule has 0 aromatic rings. The Bertz CT molecular complexity index is 218. The van der Waals surface area contributed by atoms with Gasteiger partial charge >= 0.3 is 0 Å². The molecule has 0 aromatic carbocycles. The summed E-state index contributed by atoms with van der Waals surface area (Å²) < 4.78 is 0. The van der Waals surface area contributed by atoms with E-state index >= 15 is 0 Å². The highest BCUT2D eigenvalue weighted by Crippen LogP contribution is 2.41. The van der Waals surface area contributed by atoms with Gasteiger partial charge in [-0.1, -0.05) is 53.4 Å². The molecule has 2 saturated carbocycles. The molecule has 0 nitrogen and oxygen atoms in total. The summed E-state index contributed by atoms with van der Waals surface area (Å²) in [5.41, 5.74) is 0. The molecule has 6 atom stereocenters. The Morgan fingerprint density at radius 3 is 1.39 bits per heavy atom. The van der Waals surface area contributed by atoms with Crippen molar-refractivity contribution in [2.24, 2.45) is 35.5 Å². The van der Waals surface area contributed by atoms with Crippen molar-refractivity contribution in [3.8, 4) is 0 Å². The summed E-state index contributed by atoms with van der Waals surface area (Å²) in [5.74, 6) is 6.06. The molecule has 0 amide bonds. The van der Waals surface area contributed by atoms with E-state index < -0.39 is 0 Å². The van der Waals surface area contributed by atoms with Crippen molar-refractivity contribution in [2.75, 3.05) is 0 Å². The first kappa shape index (κ1) is 14.4. The van der Waals surface area contributed by atoms with E-state index in [4.69, 9.17) is 0 Å². The van der Waals surface area contributed by atoms with Gasteiger partial charge in [0.15, 0.2) is 0 Å². The second-order valence-electron chi connectivity index (χ2n) is 7.89. The van der Waals surface area contributed by atoms with Gasteiger partial charge in [-0.2, -0.15) is 0 Å². The highest BCUT2D eigenvalue weighted by atomic mass is 14.3. The van der Waals surface area contributed by atoms with Crippen LogP contribution in [-0.2, 0) is 0 Å². The van der Waals surface area contributed by atoms with Gasteiger partial charge in [0.2, 0.25) is 0 Å². The summed E-state index contributed by atoms with van der Waals surface area (Å²) in [4.78, 5) is 0. The van der Waals surface area contributed by atoms with Crippen LogP contribution in [0.5, 0.6) is 0 Å². The Labute approximate surface area is 115 Å². The third-order valence-electron chi connectivity index (χ3n) is 6.16. The predicted octanol–water partition coefficient (Wildman–Crippen LogP) is 5.91. The van der Waals surface area contributed by atoms with E-state index in [2.05, 4.69) is 27.7 Å². The van der Waals surface area contributed by atoms with E-state index in [-0.39, 0.29) is 0 Å². The smallest absolute Gasteiger partial charge is 0.0386 e. The average Bonchev–Trinajstić information content (AvgIpc) is 2.34. The Hall–Kier alpha value is 0. The van der Waals surface area contributed by atoms with E-state index in [9.17, 15) is 0 Å². The lowest BCUT2D eigenvalue weighted by atomic mass is 9.69. The van der Waals surface area contributed by atoms with Crippen LogP contribution in [0.1, 0.15) is 79.1 Å². The molecule has 0 heteroatoms. The van der Waals surface area contributed by atoms with Crippen molar-refractivity contribution in [1.82, 2.24) is 0 Å². The number of hydrogen-bond acceptors (Lipinski definition) is 0. The molecule has 0 N–H and O–H groups in total. The molecule has 0 bridgehead atoms. The van der Waals surface area contributed by atoms with Gasteiger partial charge in [0.25, 0.3) is 0 Å². The Morgan fingerprint density at radius 1 is 0.611 bits per heavy atom. The van der Waals surface area contributed by atoms with Crippen molar-refractivity contribution in [3.63, 3.8) is 0 Å². The van der Waals surface area contributed by atoms with Gasteiger partial charge in [-0.25, -0.2) is 0 Å². The Morgan fingerprint density at radius 2 is 1.00 bits per heavy atom. The third kappa shape index (κ3) is 3.75. The van der Waals surface area contributed by atoms with Crippen molar-refractivity contribution in [2.45, 2.75) is 79.1 Å². The maximum atomic E-state index is 2.50. The summed E-state index contributed by atoms with van der Waals surface area (Å²) in [6.45, 7) is 9.93. The molecule has 0 heterocycles. The van der Waals surface area contributed by atoms with Gasteiger partial charge in [0.05, 0.1) is 0 Å². The minimum absolute atomic E-state index is 0.994. The van der Waals surface area contributed by atoms with Gasteiger partial charge in [-0.3, -0.25) is 0 Å². The van der Waals surface area contributed by atoms with Gasteiger partial charge in [-0.05, 0) is 61.2 Å². The first-order valence-electron chi connectivity index (χ1n) is 8.56. The first-order valence-corrected chi connectivity index (χ1v) is 8.56. The quantitative estimate of drug-likeness (QED) is 0.584. The SMILES string of the molecule is CC1CCC(C)C(CCC2CC(C)CCC2C)C1. The third-order valence-corrected chi connectivity index (χ3v) is 6.16. The highest BCUT2D eigenvalue weighted by Gasteiger charge is 2.29. The van der Waals surface area contributed by atoms with Crippen molar-refractivity contribution in [3.05, 3.63) is 0 Å². The van der Waals surface area contributed by atoms with Crippen LogP contribution in [0.2, 0.25) is 0 Å². The molecule has 0 radical (unpaired) electrons. The topological polar surface area (TPSA) is 0 Å². The fourth-order valence-corrected chi connectivity index (χ4v) is 4.53. The first-order chi connectivity index (χ1) is 8.56. The molecule has 2 aliphatic carbocycles. The zero-order valence-corrected chi connectivity index (χ0v) is 13.1. The second-order valence-corrected chi connectivity index (χ2v) is 7.89. The van der Waals surface area contributed by atoms with Crippen LogP contribution in [0, 0.1) is 35.5 Å². The normalized spacial score (nSPS) is 46.0.